The lowest BCUT2D eigenvalue weighted by atomic mass is 10.1. The summed E-state index contributed by atoms with van der Waals surface area (Å²) in [6, 6.07) is 14.7. The summed E-state index contributed by atoms with van der Waals surface area (Å²) in [5.41, 5.74) is 1.50. The van der Waals surface area contributed by atoms with Crippen LogP contribution in [0.4, 0.5) is 0 Å². The minimum atomic E-state index is -0.345. The Morgan fingerprint density at radius 3 is 2.55 bits per heavy atom. The SMILES string of the molecule is CCCC(=O)N(Cc1ccccc1)C(C)c1nc2ccc(Cl)cc2c(=O)n1CC. The summed E-state index contributed by atoms with van der Waals surface area (Å²) in [6.45, 7) is 6.77. The predicted octanol–water partition coefficient (Wildman–Crippen LogP) is 4.96. The van der Waals surface area contributed by atoms with Crippen LogP contribution in [0.25, 0.3) is 10.9 Å². The monoisotopic (exact) mass is 411 g/mol. The largest absolute Gasteiger partial charge is 0.328 e. The highest BCUT2D eigenvalue weighted by molar-refractivity contribution is 6.31. The van der Waals surface area contributed by atoms with Crippen LogP contribution in [0.15, 0.2) is 53.3 Å². The summed E-state index contributed by atoms with van der Waals surface area (Å²) >= 11 is 6.08. The van der Waals surface area contributed by atoms with Gasteiger partial charge in [-0.25, -0.2) is 4.98 Å². The lowest BCUT2D eigenvalue weighted by Crippen LogP contribution is -2.37. The number of rotatable bonds is 7. The van der Waals surface area contributed by atoms with E-state index in [1.165, 1.54) is 0 Å². The van der Waals surface area contributed by atoms with Crippen LogP contribution in [-0.4, -0.2) is 20.4 Å². The van der Waals surface area contributed by atoms with E-state index in [9.17, 15) is 9.59 Å². The van der Waals surface area contributed by atoms with Crippen molar-refractivity contribution in [2.24, 2.45) is 0 Å². The standard InChI is InChI=1S/C23H26ClN3O2/c1-4-9-21(28)27(15-17-10-7-6-8-11-17)16(3)22-25-20-13-12-18(24)14-19(20)23(29)26(22)5-2/h6-8,10-14,16H,4-5,9,15H2,1-3H3. The van der Waals surface area contributed by atoms with E-state index < -0.39 is 0 Å². The van der Waals surface area contributed by atoms with Crippen molar-refractivity contribution < 1.29 is 4.79 Å². The smallest absolute Gasteiger partial charge is 0.261 e. The minimum Gasteiger partial charge on any atom is -0.328 e. The molecule has 1 heterocycles. The summed E-state index contributed by atoms with van der Waals surface area (Å²) in [7, 11) is 0. The molecule has 0 fully saturated rings. The molecular formula is C23H26ClN3O2. The molecule has 0 aliphatic heterocycles. The van der Waals surface area contributed by atoms with Gasteiger partial charge >= 0.3 is 0 Å². The highest BCUT2D eigenvalue weighted by Gasteiger charge is 2.25. The van der Waals surface area contributed by atoms with Crippen LogP contribution in [0.1, 0.15) is 51.0 Å². The Hall–Kier alpha value is -2.66. The summed E-state index contributed by atoms with van der Waals surface area (Å²) < 4.78 is 1.64. The molecule has 0 N–H and O–H groups in total. The van der Waals surface area contributed by atoms with Gasteiger partial charge < -0.3 is 4.90 Å². The zero-order chi connectivity index (χ0) is 21.0. The molecule has 3 rings (SSSR count). The maximum Gasteiger partial charge on any atom is 0.261 e. The fourth-order valence-electron chi connectivity index (χ4n) is 3.55. The third-order valence-corrected chi connectivity index (χ3v) is 5.32. The molecular weight excluding hydrogens is 386 g/mol. The first-order chi connectivity index (χ1) is 14.0. The molecule has 0 aliphatic carbocycles. The number of amides is 1. The number of benzene rings is 2. The maximum absolute atomic E-state index is 13.1. The van der Waals surface area contributed by atoms with Gasteiger partial charge in [0.1, 0.15) is 5.82 Å². The summed E-state index contributed by atoms with van der Waals surface area (Å²) in [6.07, 6.45) is 1.22. The van der Waals surface area contributed by atoms with E-state index in [0.717, 1.165) is 12.0 Å². The highest BCUT2D eigenvalue weighted by atomic mass is 35.5. The molecule has 0 radical (unpaired) electrons. The fourth-order valence-corrected chi connectivity index (χ4v) is 3.72. The Morgan fingerprint density at radius 1 is 1.17 bits per heavy atom. The van der Waals surface area contributed by atoms with Crippen molar-refractivity contribution in [3.8, 4) is 0 Å². The van der Waals surface area contributed by atoms with Crippen molar-refractivity contribution in [2.75, 3.05) is 0 Å². The number of aromatic nitrogens is 2. The highest BCUT2D eigenvalue weighted by Crippen LogP contribution is 2.24. The van der Waals surface area contributed by atoms with Gasteiger partial charge in [-0.3, -0.25) is 14.2 Å². The van der Waals surface area contributed by atoms with Crippen LogP contribution < -0.4 is 5.56 Å². The first-order valence-electron chi connectivity index (χ1n) is 9.99. The van der Waals surface area contributed by atoms with Gasteiger partial charge in [-0.2, -0.15) is 0 Å². The zero-order valence-corrected chi connectivity index (χ0v) is 17.8. The quantitative estimate of drug-likeness (QED) is 0.552. The normalized spacial score (nSPS) is 12.1. The molecule has 6 heteroatoms. The van der Waals surface area contributed by atoms with Gasteiger partial charge in [0.15, 0.2) is 0 Å². The van der Waals surface area contributed by atoms with Crippen LogP contribution in [0.2, 0.25) is 5.02 Å². The van der Waals surface area contributed by atoms with Gasteiger partial charge in [0, 0.05) is 24.5 Å². The Morgan fingerprint density at radius 2 is 1.90 bits per heavy atom. The van der Waals surface area contributed by atoms with Gasteiger partial charge in [-0.05, 0) is 44.0 Å². The first kappa shape index (κ1) is 21.1. The van der Waals surface area contributed by atoms with Gasteiger partial charge in [0.25, 0.3) is 5.56 Å². The van der Waals surface area contributed by atoms with Crippen molar-refractivity contribution in [3.63, 3.8) is 0 Å². The van der Waals surface area contributed by atoms with E-state index in [0.29, 0.717) is 41.3 Å². The van der Waals surface area contributed by atoms with Gasteiger partial charge in [-0.1, -0.05) is 48.9 Å². The Balaban J connectivity index is 2.09. The number of fused-ring (bicyclic) bond motifs is 1. The van der Waals surface area contributed by atoms with Gasteiger partial charge in [0.2, 0.25) is 5.91 Å². The maximum atomic E-state index is 13.1. The third-order valence-electron chi connectivity index (χ3n) is 5.08. The Bertz CT molecular complexity index is 1060. The third kappa shape index (κ3) is 4.51. The average Bonchev–Trinajstić information content (AvgIpc) is 2.72. The Kier molecular flexibility index (Phi) is 6.70. The zero-order valence-electron chi connectivity index (χ0n) is 17.1. The molecule has 0 bridgehead atoms. The van der Waals surface area contributed by atoms with Crippen molar-refractivity contribution in [1.82, 2.24) is 14.5 Å². The van der Waals surface area contributed by atoms with E-state index in [1.807, 2.05) is 56.0 Å². The molecule has 0 aliphatic rings. The molecule has 2 aromatic carbocycles. The van der Waals surface area contributed by atoms with Crippen LogP contribution in [0.5, 0.6) is 0 Å². The molecule has 1 unspecified atom stereocenters. The second-order valence-electron chi connectivity index (χ2n) is 7.11. The number of carbonyl (C=O) groups is 1. The lowest BCUT2D eigenvalue weighted by molar-refractivity contribution is -0.134. The van der Waals surface area contributed by atoms with E-state index in [4.69, 9.17) is 16.6 Å². The number of hydrogen-bond acceptors (Lipinski definition) is 3. The molecule has 0 spiro atoms. The molecule has 29 heavy (non-hydrogen) atoms. The molecule has 152 valence electrons. The predicted molar refractivity (Wildman–Crippen MR) is 117 cm³/mol. The number of carbonyl (C=O) groups excluding carboxylic acids is 1. The average molecular weight is 412 g/mol. The second-order valence-corrected chi connectivity index (χ2v) is 7.55. The topological polar surface area (TPSA) is 55.2 Å². The molecule has 0 saturated heterocycles. The van der Waals surface area contributed by atoms with Crippen molar-refractivity contribution in [1.29, 1.82) is 0 Å². The molecule has 1 aromatic heterocycles. The van der Waals surface area contributed by atoms with Crippen LogP contribution in [-0.2, 0) is 17.9 Å². The fraction of sp³-hybridized carbons (Fsp3) is 0.348. The molecule has 0 saturated carbocycles. The lowest BCUT2D eigenvalue weighted by Gasteiger charge is -2.30. The summed E-state index contributed by atoms with van der Waals surface area (Å²) in [5.74, 6) is 0.643. The molecule has 5 nitrogen and oxygen atoms in total. The van der Waals surface area contributed by atoms with Gasteiger partial charge in [-0.15, -0.1) is 0 Å². The van der Waals surface area contributed by atoms with E-state index in [2.05, 4.69) is 0 Å². The molecule has 3 aromatic rings. The van der Waals surface area contributed by atoms with E-state index in [1.54, 1.807) is 22.8 Å². The summed E-state index contributed by atoms with van der Waals surface area (Å²) in [5, 5.41) is 0.994. The van der Waals surface area contributed by atoms with E-state index in [-0.39, 0.29) is 17.5 Å². The minimum absolute atomic E-state index is 0.0527. The summed E-state index contributed by atoms with van der Waals surface area (Å²) in [4.78, 5) is 32.6. The first-order valence-corrected chi connectivity index (χ1v) is 10.4. The van der Waals surface area contributed by atoms with Crippen LogP contribution in [0.3, 0.4) is 0 Å². The second kappa shape index (κ2) is 9.23. The van der Waals surface area contributed by atoms with Crippen LogP contribution in [0, 0.1) is 0 Å². The van der Waals surface area contributed by atoms with Crippen LogP contribution >= 0.6 is 11.6 Å². The molecule has 1 atom stereocenters. The number of halogens is 1. The Labute approximate surface area is 175 Å². The van der Waals surface area contributed by atoms with Gasteiger partial charge in [0.05, 0.1) is 16.9 Å². The van der Waals surface area contributed by atoms with Crippen molar-refractivity contribution in [2.45, 2.75) is 52.7 Å². The number of hydrogen-bond donors (Lipinski definition) is 0. The number of nitrogens with zero attached hydrogens (tertiary/aromatic N) is 3. The van der Waals surface area contributed by atoms with Crippen molar-refractivity contribution in [3.05, 3.63) is 75.3 Å². The molecule has 1 amide bonds. The van der Waals surface area contributed by atoms with E-state index >= 15 is 0 Å². The van der Waals surface area contributed by atoms with Crippen molar-refractivity contribution >= 4 is 28.4 Å².